The molecule has 2 heterocycles. The number of rotatable bonds is 11. The van der Waals surface area contributed by atoms with Crippen LogP contribution in [-0.2, 0) is 36.8 Å². The summed E-state index contributed by atoms with van der Waals surface area (Å²) in [7, 11) is -10.6. The van der Waals surface area contributed by atoms with Crippen LogP contribution in [0.5, 0.6) is 0 Å². The summed E-state index contributed by atoms with van der Waals surface area (Å²) in [6, 6.07) is 1.29. The predicted molar refractivity (Wildman–Crippen MR) is 111 cm³/mol. The lowest BCUT2D eigenvalue weighted by Gasteiger charge is -2.32. The van der Waals surface area contributed by atoms with Gasteiger partial charge < -0.3 is 38.7 Å². The number of ether oxygens (including phenoxy) is 2. The van der Waals surface area contributed by atoms with Crippen LogP contribution in [0.3, 0.4) is 0 Å². The highest BCUT2D eigenvalue weighted by Gasteiger charge is 2.47. The Morgan fingerprint density at radius 1 is 1.26 bits per heavy atom. The van der Waals surface area contributed by atoms with E-state index in [0.29, 0.717) is 0 Å². The molecule has 0 aromatic carbocycles. The minimum atomic E-state index is -5.41. The Morgan fingerprint density at radius 3 is 2.44 bits per heavy atom. The second kappa shape index (κ2) is 11.5. The van der Waals surface area contributed by atoms with Gasteiger partial charge in [-0.3, -0.25) is 18.5 Å². The summed E-state index contributed by atoms with van der Waals surface area (Å²) < 4.78 is 48.8. The summed E-state index contributed by atoms with van der Waals surface area (Å²) in [6.07, 6.45) is -5.36. The third kappa shape index (κ3) is 8.31. The number of carbonyl (C=O) groups excluding carboxylic acids is 1. The van der Waals surface area contributed by atoms with Crippen molar-refractivity contribution in [1.82, 2.24) is 9.55 Å². The van der Waals surface area contributed by atoms with Crippen LogP contribution in [0.2, 0.25) is 0 Å². The number of amides is 1. The average molecular weight is 527 g/mol. The number of hydrogen-bond donors (Lipinski definition) is 2. The van der Waals surface area contributed by atoms with Crippen LogP contribution in [0.4, 0.5) is 5.82 Å². The molecule has 0 saturated carbocycles. The minimum Gasteiger partial charge on any atom is -0.756 e. The summed E-state index contributed by atoms with van der Waals surface area (Å²) in [5.41, 5.74) is -0.879. The van der Waals surface area contributed by atoms with Crippen LogP contribution in [-0.4, -0.2) is 57.7 Å². The fourth-order valence-electron chi connectivity index (χ4n) is 3.01. The Hall–Kier alpha value is -1.51. The first-order valence-electron chi connectivity index (χ1n) is 10.1. The van der Waals surface area contributed by atoms with Gasteiger partial charge in [-0.15, -0.1) is 0 Å². The van der Waals surface area contributed by atoms with Crippen molar-refractivity contribution in [2.24, 2.45) is 0 Å². The molecule has 0 radical (unpaired) electrons. The van der Waals surface area contributed by atoms with Gasteiger partial charge in [-0.05, 0) is 33.8 Å². The maximum atomic E-state index is 12.4. The molecular formula is C17H27N3O12P2-2. The van der Waals surface area contributed by atoms with Crippen LogP contribution < -0.4 is 20.8 Å². The van der Waals surface area contributed by atoms with E-state index in [4.69, 9.17) is 9.47 Å². The van der Waals surface area contributed by atoms with Crippen LogP contribution in [0.15, 0.2) is 17.1 Å². The fourth-order valence-corrected chi connectivity index (χ4v) is 5.18. The Balaban J connectivity index is 2.19. The van der Waals surface area contributed by atoms with Gasteiger partial charge in [-0.25, -0.2) is 9.11 Å². The highest BCUT2D eigenvalue weighted by atomic mass is 31.3. The highest BCUT2D eigenvalue weighted by Crippen LogP contribution is 2.56. The van der Waals surface area contributed by atoms with Gasteiger partial charge in [0.2, 0.25) is 5.91 Å². The normalized spacial score (nSPS) is 26.4. The summed E-state index contributed by atoms with van der Waals surface area (Å²) in [4.78, 5) is 50.9. The molecule has 2 N–H and O–H groups in total. The smallest absolute Gasteiger partial charge is 0.351 e. The lowest BCUT2D eigenvalue weighted by atomic mass is 10.1. The molecule has 3 unspecified atom stereocenters. The predicted octanol–water partition coefficient (Wildman–Crippen LogP) is -0.351. The van der Waals surface area contributed by atoms with Gasteiger partial charge >= 0.3 is 5.69 Å². The van der Waals surface area contributed by atoms with Gasteiger partial charge in [0.1, 0.15) is 24.1 Å². The number of anilines is 1. The van der Waals surface area contributed by atoms with Crippen molar-refractivity contribution in [2.75, 3.05) is 11.9 Å². The number of aliphatic hydroxyl groups is 1. The molecule has 6 atom stereocenters. The van der Waals surface area contributed by atoms with E-state index in [-0.39, 0.29) is 5.82 Å². The summed E-state index contributed by atoms with van der Waals surface area (Å²) in [5, 5.41) is 13.1. The Kier molecular flexibility index (Phi) is 9.70. The van der Waals surface area contributed by atoms with Gasteiger partial charge in [0, 0.05) is 13.1 Å². The van der Waals surface area contributed by atoms with E-state index in [1.54, 1.807) is 13.8 Å². The van der Waals surface area contributed by atoms with E-state index in [2.05, 4.69) is 23.7 Å². The molecule has 1 aromatic rings. The summed E-state index contributed by atoms with van der Waals surface area (Å²) in [6.45, 7) is 6.42. The van der Waals surface area contributed by atoms with Crippen molar-refractivity contribution in [3.63, 3.8) is 0 Å². The number of nitrogens with one attached hydrogen (secondary N) is 1. The molecule has 0 aliphatic carbocycles. The SMILES string of the molecule is CC(=O)Nc1ccn([C@@H]2O[C@H](COP(=O)([O-])OP(=O)([O-])OC(C)C)C(OC(C)C)[C@@H]2O)c(=O)n1. The molecule has 0 spiro atoms. The van der Waals surface area contributed by atoms with Crippen molar-refractivity contribution >= 4 is 27.4 Å². The second-order valence-electron chi connectivity index (χ2n) is 7.81. The maximum Gasteiger partial charge on any atom is 0.351 e. The van der Waals surface area contributed by atoms with Crippen molar-refractivity contribution in [3.05, 3.63) is 22.7 Å². The molecule has 1 aliphatic rings. The lowest BCUT2D eigenvalue weighted by Crippen LogP contribution is -2.39. The Bertz CT molecular complexity index is 1020. The number of phosphoric acid groups is 2. The zero-order valence-corrected chi connectivity index (χ0v) is 20.8. The first-order chi connectivity index (χ1) is 15.6. The van der Waals surface area contributed by atoms with Crippen LogP contribution >= 0.6 is 15.6 Å². The van der Waals surface area contributed by atoms with Crippen LogP contribution in [0.25, 0.3) is 0 Å². The maximum absolute atomic E-state index is 12.4. The molecule has 1 aromatic heterocycles. The highest BCUT2D eigenvalue weighted by molar-refractivity contribution is 7.59. The zero-order valence-electron chi connectivity index (χ0n) is 19.1. The number of aromatic nitrogens is 2. The Morgan fingerprint density at radius 2 is 1.91 bits per heavy atom. The van der Waals surface area contributed by atoms with Gasteiger partial charge in [0.05, 0.1) is 18.8 Å². The zero-order chi connectivity index (χ0) is 25.8. The van der Waals surface area contributed by atoms with Gasteiger partial charge in [-0.1, -0.05) is 0 Å². The molecule has 1 amide bonds. The lowest BCUT2D eigenvalue weighted by molar-refractivity contribution is -0.247. The first kappa shape index (κ1) is 28.7. The van der Waals surface area contributed by atoms with Crippen molar-refractivity contribution in [1.29, 1.82) is 0 Å². The molecular weight excluding hydrogens is 500 g/mol. The number of carbonyl (C=O) groups is 1. The van der Waals surface area contributed by atoms with Gasteiger partial charge in [-0.2, -0.15) is 4.98 Å². The minimum absolute atomic E-state index is 0.0220. The van der Waals surface area contributed by atoms with E-state index in [1.807, 2.05) is 0 Å². The molecule has 2 rings (SSSR count). The monoisotopic (exact) mass is 527 g/mol. The molecule has 17 heteroatoms. The molecule has 1 saturated heterocycles. The Labute approximate surface area is 195 Å². The van der Waals surface area contributed by atoms with Gasteiger partial charge in [0.15, 0.2) is 6.23 Å². The van der Waals surface area contributed by atoms with E-state index in [9.17, 15) is 33.6 Å². The first-order valence-corrected chi connectivity index (χ1v) is 13.0. The number of nitrogens with zero attached hydrogens (tertiary/aromatic N) is 2. The van der Waals surface area contributed by atoms with E-state index < -0.39 is 70.6 Å². The van der Waals surface area contributed by atoms with Crippen LogP contribution in [0, 0.1) is 0 Å². The average Bonchev–Trinajstić information content (AvgIpc) is 2.93. The molecule has 1 aliphatic heterocycles. The summed E-state index contributed by atoms with van der Waals surface area (Å²) in [5.74, 6) is -0.471. The molecule has 194 valence electrons. The number of phosphoric ester groups is 2. The third-order valence-electron chi connectivity index (χ3n) is 4.08. The molecule has 15 nitrogen and oxygen atoms in total. The fraction of sp³-hybridized carbons (Fsp3) is 0.706. The van der Waals surface area contributed by atoms with E-state index >= 15 is 0 Å². The topological polar surface area (TPSA) is 211 Å². The van der Waals surface area contributed by atoms with Crippen LogP contribution in [0.1, 0.15) is 40.8 Å². The van der Waals surface area contributed by atoms with E-state index in [1.165, 1.54) is 33.0 Å². The number of hydrogen-bond acceptors (Lipinski definition) is 13. The van der Waals surface area contributed by atoms with Crippen molar-refractivity contribution in [2.45, 2.75) is 71.4 Å². The standard InChI is InChI=1S/C17H29N3O12P2/c1-9(2)29-15-12(8-28-33(24,25)32-34(26,27)31-10(3)4)30-16(14(15)22)20-7-6-13(18-11(5)21)19-17(20)23/h6-7,9-10,12,14-16,22H,8H2,1-5H3,(H,24,25)(H,26,27)(H,18,19,21,23)/p-2/t12-,14+,15?,16-/m1/s1. The largest absolute Gasteiger partial charge is 0.756 e. The van der Waals surface area contributed by atoms with Crippen molar-refractivity contribution in [3.8, 4) is 0 Å². The molecule has 0 bridgehead atoms. The van der Waals surface area contributed by atoms with Gasteiger partial charge in [0.25, 0.3) is 15.6 Å². The third-order valence-corrected chi connectivity index (χ3v) is 6.83. The second-order valence-corrected chi connectivity index (χ2v) is 10.7. The summed E-state index contributed by atoms with van der Waals surface area (Å²) >= 11 is 0. The van der Waals surface area contributed by atoms with Crippen molar-refractivity contribution < 1.29 is 51.6 Å². The molecule has 1 fully saturated rings. The van der Waals surface area contributed by atoms with E-state index in [0.717, 1.165) is 4.57 Å². The molecule has 34 heavy (non-hydrogen) atoms. The number of aliphatic hydroxyl groups excluding tert-OH is 1. The quantitative estimate of drug-likeness (QED) is 0.353.